The molecule has 51 heavy (non-hydrogen) atoms. The van der Waals surface area contributed by atoms with Crippen molar-refractivity contribution in [3.05, 3.63) is 131 Å². The average Bonchev–Trinajstić information content (AvgIpc) is 3.62. The second-order valence-corrected chi connectivity index (χ2v) is 16.5. The highest BCUT2D eigenvalue weighted by atomic mass is 16.5. The Kier molecular flexibility index (Phi) is 8.45. The van der Waals surface area contributed by atoms with E-state index in [2.05, 4.69) is 170 Å². The van der Waals surface area contributed by atoms with Crippen LogP contribution in [0.5, 0.6) is 11.5 Å². The van der Waals surface area contributed by atoms with Crippen LogP contribution in [0, 0.1) is 20.8 Å². The first-order valence-corrected chi connectivity index (χ1v) is 18.1. The second-order valence-electron chi connectivity index (χ2n) is 16.5. The maximum absolute atomic E-state index is 6.83. The molecule has 5 nitrogen and oxygen atoms in total. The van der Waals surface area contributed by atoms with Gasteiger partial charge in [-0.15, -0.1) is 0 Å². The van der Waals surface area contributed by atoms with Crippen molar-refractivity contribution in [2.24, 2.45) is 0 Å². The molecule has 0 N–H and O–H groups in total. The summed E-state index contributed by atoms with van der Waals surface area (Å²) in [4.78, 5) is 4.77. The zero-order valence-corrected chi connectivity index (χ0v) is 32.0. The monoisotopic (exact) mass is 674 g/mol. The summed E-state index contributed by atoms with van der Waals surface area (Å²) in [6.45, 7) is 24.7. The van der Waals surface area contributed by atoms with E-state index in [1.54, 1.807) is 0 Å². The number of ether oxygens (including phenoxy) is 1. The highest BCUT2D eigenvalue weighted by Crippen LogP contribution is 2.44. The largest absolute Gasteiger partial charge is 0.457 e. The van der Waals surface area contributed by atoms with Gasteiger partial charge >= 0.3 is 0 Å². The number of pyridine rings is 1. The molecule has 0 spiro atoms. The molecule has 0 aliphatic rings. The summed E-state index contributed by atoms with van der Waals surface area (Å²) in [6, 6.07) is 32.3. The maximum Gasteiger partial charge on any atom is 0.137 e. The molecule has 0 aliphatic heterocycles. The van der Waals surface area contributed by atoms with Crippen LogP contribution < -0.4 is 4.74 Å². The molecule has 0 unspecified atom stereocenters. The summed E-state index contributed by atoms with van der Waals surface area (Å²) < 4.78 is 11.3. The smallest absolute Gasteiger partial charge is 0.137 e. The first kappa shape index (κ1) is 34.3. The number of fused-ring (bicyclic) bond motifs is 3. The molecule has 260 valence electrons. The molecule has 7 aromatic rings. The van der Waals surface area contributed by atoms with Gasteiger partial charge in [0.2, 0.25) is 0 Å². The first-order chi connectivity index (χ1) is 24.1. The Hall–Kier alpha value is -5.16. The van der Waals surface area contributed by atoms with Gasteiger partial charge in [-0.2, -0.15) is 5.10 Å². The lowest BCUT2D eigenvalue weighted by Crippen LogP contribution is -2.19. The van der Waals surface area contributed by atoms with Gasteiger partial charge in [-0.1, -0.05) is 91.8 Å². The number of para-hydroxylation sites is 1. The number of nitrogens with zero attached hydrogens (tertiary/aromatic N) is 4. The summed E-state index contributed by atoms with van der Waals surface area (Å²) in [5.41, 5.74) is 12.5. The summed E-state index contributed by atoms with van der Waals surface area (Å²) in [7, 11) is 0. The molecule has 0 fully saturated rings. The topological polar surface area (TPSA) is 44.9 Å². The van der Waals surface area contributed by atoms with E-state index in [4.69, 9.17) is 14.8 Å². The molecule has 7 rings (SSSR count). The van der Waals surface area contributed by atoms with Crippen LogP contribution in [0.4, 0.5) is 0 Å². The fraction of sp³-hybridized carbons (Fsp3) is 0.304. The van der Waals surface area contributed by atoms with Crippen LogP contribution in [0.25, 0.3) is 44.4 Å². The van der Waals surface area contributed by atoms with Gasteiger partial charge in [-0.05, 0) is 97.0 Å². The number of benzene rings is 4. The molecule has 4 aromatic carbocycles. The van der Waals surface area contributed by atoms with Gasteiger partial charge in [0.05, 0.1) is 28.1 Å². The Morgan fingerprint density at radius 1 is 0.647 bits per heavy atom. The number of hydrogen-bond acceptors (Lipinski definition) is 3. The third-order valence-corrected chi connectivity index (χ3v) is 9.87. The Balaban J connectivity index is 1.42. The van der Waals surface area contributed by atoms with Crippen LogP contribution in [0.2, 0.25) is 0 Å². The predicted molar refractivity (Wildman–Crippen MR) is 213 cm³/mol. The lowest BCUT2D eigenvalue weighted by Gasteiger charge is -2.26. The molecule has 0 radical (unpaired) electrons. The number of rotatable bonds is 6. The van der Waals surface area contributed by atoms with Crippen molar-refractivity contribution in [3.8, 4) is 34.1 Å². The highest BCUT2D eigenvalue weighted by molar-refractivity contribution is 6.09. The van der Waals surface area contributed by atoms with Gasteiger partial charge in [0.1, 0.15) is 17.3 Å². The van der Waals surface area contributed by atoms with Crippen LogP contribution in [0.3, 0.4) is 0 Å². The average molecular weight is 675 g/mol. The summed E-state index contributed by atoms with van der Waals surface area (Å²) in [6.07, 6.45) is 1.88. The van der Waals surface area contributed by atoms with Crippen LogP contribution in [0.1, 0.15) is 94.9 Å². The Labute approximate surface area is 302 Å². The van der Waals surface area contributed by atoms with Crippen molar-refractivity contribution in [2.75, 3.05) is 0 Å². The number of aromatic nitrogens is 4. The van der Waals surface area contributed by atoms with Crippen LogP contribution in [-0.2, 0) is 10.8 Å². The van der Waals surface area contributed by atoms with Gasteiger partial charge in [0, 0.05) is 45.5 Å². The zero-order valence-electron chi connectivity index (χ0n) is 32.0. The fourth-order valence-electron chi connectivity index (χ4n) is 7.43. The quantitative estimate of drug-likeness (QED) is 0.176. The van der Waals surface area contributed by atoms with E-state index in [9.17, 15) is 0 Å². The molecule has 0 amide bonds. The Morgan fingerprint density at radius 3 is 2.02 bits per heavy atom. The maximum atomic E-state index is 6.83. The molecular formula is C46H50N4O. The standard InChI is InChI=1S/C46H50N4O/c1-28(2)32-24-33(50-44(46(9,10)11)42(43(48-50)45(6,7)8)41-30(4)15-14-16-31(41)5)26-35(25-32)51-34-19-20-37-36-17-12-13-18-38(36)49(39(37)27-34)40-23-29(3)21-22-47-40/h12-28H,1-11H3. The van der Waals surface area contributed by atoms with Crippen LogP contribution in [0.15, 0.2) is 97.2 Å². The van der Waals surface area contributed by atoms with E-state index in [1.807, 2.05) is 12.3 Å². The minimum absolute atomic E-state index is 0.176. The van der Waals surface area contributed by atoms with Crippen molar-refractivity contribution < 1.29 is 4.74 Å². The molecule has 0 aliphatic carbocycles. The van der Waals surface area contributed by atoms with Crippen LogP contribution >= 0.6 is 0 Å². The van der Waals surface area contributed by atoms with Crippen LogP contribution in [-0.4, -0.2) is 19.3 Å². The van der Waals surface area contributed by atoms with E-state index in [0.717, 1.165) is 45.1 Å². The van der Waals surface area contributed by atoms with Crippen molar-refractivity contribution >= 4 is 21.8 Å². The lowest BCUT2D eigenvalue weighted by molar-refractivity contribution is 0.480. The highest BCUT2D eigenvalue weighted by Gasteiger charge is 2.34. The minimum Gasteiger partial charge on any atom is -0.457 e. The molecule has 5 heteroatoms. The predicted octanol–water partition coefficient (Wildman–Crippen LogP) is 12.5. The summed E-state index contributed by atoms with van der Waals surface area (Å²) >= 11 is 0. The first-order valence-electron chi connectivity index (χ1n) is 18.1. The third kappa shape index (κ3) is 6.24. The second kappa shape index (κ2) is 12.6. The number of aryl methyl sites for hydroxylation is 3. The molecule has 0 atom stereocenters. The van der Waals surface area contributed by atoms with E-state index in [-0.39, 0.29) is 10.8 Å². The summed E-state index contributed by atoms with van der Waals surface area (Å²) in [5.74, 6) is 2.74. The lowest BCUT2D eigenvalue weighted by atomic mass is 9.79. The Bertz CT molecular complexity index is 2410. The van der Waals surface area contributed by atoms with Gasteiger partial charge in [0.25, 0.3) is 0 Å². The normalized spacial score (nSPS) is 12.4. The number of hydrogen-bond donors (Lipinski definition) is 0. The molecule has 3 aromatic heterocycles. The summed E-state index contributed by atoms with van der Waals surface area (Å²) in [5, 5.41) is 7.85. The third-order valence-electron chi connectivity index (χ3n) is 9.87. The minimum atomic E-state index is -0.197. The fourth-order valence-corrected chi connectivity index (χ4v) is 7.43. The molecule has 0 bridgehead atoms. The van der Waals surface area contributed by atoms with E-state index in [1.165, 1.54) is 44.5 Å². The molecule has 3 heterocycles. The van der Waals surface area contributed by atoms with Gasteiger partial charge in [-0.3, -0.25) is 4.57 Å². The van der Waals surface area contributed by atoms with Gasteiger partial charge < -0.3 is 4.74 Å². The molecule has 0 saturated carbocycles. The van der Waals surface area contributed by atoms with E-state index >= 15 is 0 Å². The van der Waals surface area contributed by atoms with Crippen molar-refractivity contribution in [2.45, 2.75) is 92.9 Å². The van der Waals surface area contributed by atoms with Crippen molar-refractivity contribution in [1.82, 2.24) is 19.3 Å². The van der Waals surface area contributed by atoms with E-state index in [0.29, 0.717) is 5.92 Å². The van der Waals surface area contributed by atoms with Gasteiger partial charge in [-0.25, -0.2) is 9.67 Å². The molecule has 0 saturated heterocycles. The molecular weight excluding hydrogens is 625 g/mol. The van der Waals surface area contributed by atoms with Gasteiger partial charge in [0.15, 0.2) is 0 Å². The van der Waals surface area contributed by atoms with Crippen molar-refractivity contribution in [1.29, 1.82) is 0 Å². The Morgan fingerprint density at radius 2 is 1.35 bits per heavy atom. The van der Waals surface area contributed by atoms with E-state index < -0.39 is 0 Å². The SMILES string of the molecule is Cc1ccnc(-n2c3ccccc3c3ccc(Oc4cc(C(C)C)cc(-n5nc(C(C)(C)C)c(-c6c(C)cccc6C)c5C(C)(C)C)c4)cc32)c1. The van der Waals surface area contributed by atoms with Crippen molar-refractivity contribution in [3.63, 3.8) is 0 Å². The zero-order chi connectivity index (χ0) is 36.4.